The fourth-order valence-corrected chi connectivity index (χ4v) is 4.21. The smallest absolute Gasteiger partial charge is 0.124 e. The van der Waals surface area contributed by atoms with E-state index in [9.17, 15) is 8.60 Å². The molecule has 1 nitrogen and oxygen atoms in total. The maximum absolute atomic E-state index is 13.1. The Bertz CT molecular complexity index is 748. The summed E-state index contributed by atoms with van der Waals surface area (Å²) in [5.41, 5.74) is 1.06. The van der Waals surface area contributed by atoms with Crippen LogP contribution in [0.2, 0.25) is 0 Å². The third kappa shape index (κ3) is 2.60. The van der Waals surface area contributed by atoms with Crippen LogP contribution in [0.5, 0.6) is 0 Å². The molecule has 96 valence electrons. The van der Waals surface area contributed by atoms with Gasteiger partial charge in [-0.05, 0) is 40.6 Å². The van der Waals surface area contributed by atoms with Crippen molar-refractivity contribution in [2.45, 2.75) is 10.6 Å². The van der Waals surface area contributed by atoms with E-state index in [1.165, 1.54) is 16.8 Å². The van der Waals surface area contributed by atoms with Gasteiger partial charge < -0.3 is 0 Å². The van der Waals surface area contributed by atoms with E-state index in [2.05, 4.69) is 6.07 Å². The molecule has 1 unspecified atom stereocenters. The van der Waals surface area contributed by atoms with E-state index >= 15 is 0 Å². The fraction of sp³-hybridized carbons (Fsp3) is 0.0667. The van der Waals surface area contributed by atoms with Gasteiger partial charge in [-0.2, -0.15) is 0 Å². The summed E-state index contributed by atoms with van der Waals surface area (Å²) in [6, 6.07) is 14.0. The molecule has 0 aliphatic heterocycles. The predicted molar refractivity (Wildman–Crippen MR) is 78.3 cm³/mol. The first kappa shape index (κ1) is 12.5. The molecule has 0 aliphatic carbocycles. The molecule has 1 aromatic heterocycles. The lowest BCUT2D eigenvalue weighted by Gasteiger charge is -2.02. The molecule has 0 spiro atoms. The van der Waals surface area contributed by atoms with Crippen molar-refractivity contribution < 1.29 is 8.60 Å². The van der Waals surface area contributed by atoms with Crippen molar-refractivity contribution in [3.05, 3.63) is 65.3 Å². The zero-order valence-electron chi connectivity index (χ0n) is 10.0. The molecule has 2 aromatic carbocycles. The van der Waals surface area contributed by atoms with Crippen molar-refractivity contribution in [2.75, 3.05) is 0 Å². The summed E-state index contributed by atoms with van der Waals surface area (Å²) in [6.07, 6.45) is 0. The summed E-state index contributed by atoms with van der Waals surface area (Å²) in [5.74, 6) is 0.0778. The first-order valence-electron chi connectivity index (χ1n) is 5.83. The Morgan fingerprint density at radius 3 is 2.79 bits per heavy atom. The monoisotopic (exact) mass is 290 g/mol. The maximum atomic E-state index is 13.1. The summed E-state index contributed by atoms with van der Waals surface area (Å²) in [6.45, 7) is 0. The normalized spacial score (nSPS) is 12.7. The van der Waals surface area contributed by atoms with Crippen LogP contribution in [-0.4, -0.2) is 4.21 Å². The lowest BCUT2D eigenvalue weighted by molar-refractivity contribution is 0.622. The Morgan fingerprint density at radius 1 is 1.11 bits per heavy atom. The van der Waals surface area contributed by atoms with Crippen molar-refractivity contribution in [1.82, 2.24) is 0 Å². The van der Waals surface area contributed by atoms with E-state index < -0.39 is 10.8 Å². The molecule has 4 heteroatoms. The molecule has 1 atom stereocenters. The summed E-state index contributed by atoms with van der Waals surface area (Å²) < 4.78 is 26.6. The van der Waals surface area contributed by atoms with Crippen LogP contribution < -0.4 is 0 Å². The quantitative estimate of drug-likeness (QED) is 0.701. The minimum Gasteiger partial charge on any atom is -0.254 e. The molecule has 1 heterocycles. The van der Waals surface area contributed by atoms with Crippen LogP contribution in [0.15, 0.2) is 58.8 Å². The maximum Gasteiger partial charge on any atom is 0.124 e. The molecule has 3 aromatic rings. The molecular formula is C15H11FOS2. The van der Waals surface area contributed by atoms with Gasteiger partial charge in [-0.1, -0.05) is 24.3 Å². The standard InChI is InChI=1S/C15H11FOS2/c16-12-4-3-5-13(8-12)19(17)10-11-9-18-15-7-2-1-6-14(11)15/h1-9H,10H2. The van der Waals surface area contributed by atoms with E-state index in [1.807, 2.05) is 23.6 Å². The predicted octanol–water partition coefficient (Wildman–Crippen LogP) is 4.35. The van der Waals surface area contributed by atoms with Gasteiger partial charge in [-0.15, -0.1) is 11.3 Å². The second-order valence-corrected chi connectivity index (χ2v) is 6.57. The third-order valence-electron chi connectivity index (χ3n) is 2.91. The molecule has 0 fully saturated rings. The van der Waals surface area contributed by atoms with Gasteiger partial charge in [0.25, 0.3) is 0 Å². The average molecular weight is 290 g/mol. The third-order valence-corrected chi connectivity index (χ3v) is 5.27. The zero-order valence-corrected chi connectivity index (χ0v) is 11.6. The molecule has 0 aliphatic rings. The Hall–Kier alpha value is -1.52. The van der Waals surface area contributed by atoms with Gasteiger partial charge in [0, 0.05) is 9.60 Å². The highest BCUT2D eigenvalue weighted by molar-refractivity contribution is 7.84. The second-order valence-electron chi connectivity index (χ2n) is 4.20. The molecule has 0 N–H and O–H groups in total. The molecule has 3 rings (SSSR count). The van der Waals surface area contributed by atoms with Gasteiger partial charge in [-0.25, -0.2) is 4.39 Å². The summed E-state index contributed by atoms with van der Waals surface area (Å²) in [7, 11) is -1.21. The molecule has 0 radical (unpaired) electrons. The van der Waals surface area contributed by atoms with Gasteiger partial charge in [0.2, 0.25) is 0 Å². The summed E-state index contributed by atoms with van der Waals surface area (Å²) >= 11 is 1.65. The number of rotatable bonds is 3. The Kier molecular flexibility index (Phi) is 3.44. The van der Waals surface area contributed by atoms with Crippen LogP contribution in [0.4, 0.5) is 4.39 Å². The Balaban J connectivity index is 1.91. The number of hydrogen-bond acceptors (Lipinski definition) is 2. The molecule has 19 heavy (non-hydrogen) atoms. The van der Waals surface area contributed by atoms with E-state index in [1.54, 1.807) is 23.5 Å². The summed E-state index contributed by atoms with van der Waals surface area (Å²) in [5, 5.41) is 3.17. The lowest BCUT2D eigenvalue weighted by Crippen LogP contribution is -1.96. The van der Waals surface area contributed by atoms with Gasteiger partial charge in [0.1, 0.15) is 5.82 Å². The first-order chi connectivity index (χ1) is 9.24. The molecule has 0 saturated carbocycles. The van der Waals surface area contributed by atoms with E-state index in [0.717, 1.165) is 10.9 Å². The number of fused-ring (bicyclic) bond motifs is 1. The highest BCUT2D eigenvalue weighted by Gasteiger charge is 2.10. The second kappa shape index (κ2) is 5.23. The Morgan fingerprint density at radius 2 is 1.95 bits per heavy atom. The van der Waals surface area contributed by atoms with Crippen molar-refractivity contribution >= 4 is 32.2 Å². The Labute approximate surface area is 117 Å². The van der Waals surface area contributed by atoms with Crippen LogP contribution in [-0.2, 0) is 16.6 Å². The van der Waals surface area contributed by atoms with Crippen LogP contribution >= 0.6 is 11.3 Å². The largest absolute Gasteiger partial charge is 0.254 e. The van der Waals surface area contributed by atoms with E-state index in [-0.39, 0.29) is 5.82 Å². The molecule has 0 saturated heterocycles. The van der Waals surface area contributed by atoms with Crippen molar-refractivity contribution in [1.29, 1.82) is 0 Å². The lowest BCUT2D eigenvalue weighted by atomic mass is 10.2. The highest BCUT2D eigenvalue weighted by atomic mass is 32.2. The van der Waals surface area contributed by atoms with Crippen molar-refractivity contribution in [2.24, 2.45) is 0 Å². The van der Waals surface area contributed by atoms with E-state index in [0.29, 0.717) is 10.6 Å². The number of thiophene rings is 1. The van der Waals surface area contributed by atoms with Crippen LogP contribution in [0.25, 0.3) is 10.1 Å². The van der Waals surface area contributed by atoms with Crippen LogP contribution in [0, 0.1) is 5.82 Å². The van der Waals surface area contributed by atoms with Crippen molar-refractivity contribution in [3.63, 3.8) is 0 Å². The van der Waals surface area contributed by atoms with Crippen LogP contribution in [0.1, 0.15) is 5.56 Å². The molecular weight excluding hydrogens is 279 g/mol. The van der Waals surface area contributed by atoms with Gasteiger partial charge in [-0.3, -0.25) is 4.21 Å². The minimum absolute atomic E-state index is 0.346. The molecule has 0 bridgehead atoms. The number of benzene rings is 2. The average Bonchev–Trinajstić information content (AvgIpc) is 2.82. The minimum atomic E-state index is -1.21. The number of halogens is 1. The van der Waals surface area contributed by atoms with Crippen LogP contribution in [0.3, 0.4) is 0 Å². The zero-order chi connectivity index (χ0) is 13.2. The van der Waals surface area contributed by atoms with Gasteiger partial charge in [0.05, 0.1) is 16.6 Å². The van der Waals surface area contributed by atoms with Gasteiger partial charge in [0.15, 0.2) is 0 Å². The summed E-state index contributed by atoms with van der Waals surface area (Å²) in [4.78, 5) is 0.537. The molecule has 0 amide bonds. The topological polar surface area (TPSA) is 17.1 Å². The first-order valence-corrected chi connectivity index (χ1v) is 8.03. The van der Waals surface area contributed by atoms with Gasteiger partial charge >= 0.3 is 0 Å². The highest BCUT2D eigenvalue weighted by Crippen LogP contribution is 2.27. The number of hydrogen-bond donors (Lipinski definition) is 0. The van der Waals surface area contributed by atoms with E-state index in [4.69, 9.17) is 0 Å². The fourth-order valence-electron chi connectivity index (χ4n) is 1.98. The SMILES string of the molecule is O=S(Cc1csc2ccccc12)c1cccc(F)c1. The van der Waals surface area contributed by atoms with Crippen molar-refractivity contribution in [3.8, 4) is 0 Å².